The number of nitrogens with one attached hydrogen (secondary N) is 1. The molecule has 1 heterocycles. The van der Waals surface area contributed by atoms with Gasteiger partial charge in [0.25, 0.3) is 5.91 Å². The SMILES string of the molecule is Cc1cccc(N[C@@H]2CC(=O)N(c3ccc(Br)cc3)C2=O)c1. The maximum Gasteiger partial charge on any atom is 0.256 e. The molecule has 1 fully saturated rings. The standard InChI is InChI=1S/C17H15BrN2O2/c1-11-3-2-4-13(9-11)19-15-10-16(21)20(17(15)22)14-7-5-12(18)6-8-14/h2-9,15,19H,10H2,1H3/t15-/m1/s1. The fraction of sp³-hybridized carbons (Fsp3) is 0.176. The molecule has 2 aromatic carbocycles. The van der Waals surface area contributed by atoms with Crippen molar-refractivity contribution in [3.05, 3.63) is 58.6 Å². The molecule has 3 rings (SSSR count). The summed E-state index contributed by atoms with van der Waals surface area (Å²) in [6.45, 7) is 1.99. The van der Waals surface area contributed by atoms with E-state index in [0.717, 1.165) is 15.7 Å². The van der Waals surface area contributed by atoms with E-state index in [-0.39, 0.29) is 18.2 Å². The minimum Gasteiger partial charge on any atom is -0.373 e. The fourth-order valence-electron chi connectivity index (χ4n) is 2.54. The second-order valence-corrected chi connectivity index (χ2v) is 6.23. The third kappa shape index (κ3) is 2.90. The molecule has 2 aromatic rings. The lowest BCUT2D eigenvalue weighted by molar-refractivity contribution is -0.121. The maximum atomic E-state index is 12.5. The van der Waals surface area contributed by atoms with Crippen molar-refractivity contribution in [3.8, 4) is 0 Å². The van der Waals surface area contributed by atoms with Gasteiger partial charge in [0.1, 0.15) is 6.04 Å². The van der Waals surface area contributed by atoms with Gasteiger partial charge in [-0.2, -0.15) is 0 Å². The Morgan fingerprint density at radius 3 is 2.55 bits per heavy atom. The molecule has 0 aromatic heterocycles. The second-order valence-electron chi connectivity index (χ2n) is 5.31. The molecule has 112 valence electrons. The van der Waals surface area contributed by atoms with Crippen LogP contribution in [0, 0.1) is 6.92 Å². The van der Waals surface area contributed by atoms with Crippen LogP contribution in [-0.2, 0) is 9.59 Å². The minimum atomic E-state index is -0.516. The van der Waals surface area contributed by atoms with Crippen LogP contribution in [-0.4, -0.2) is 17.9 Å². The van der Waals surface area contributed by atoms with Gasteiger partial charge in [-0.1, -0.05) is 28.1 Å². The first kappa shape index (κ1) is 14.8. The van der Waals surface area contributed by atoms with Crippen molar-refractivity contribution >= 4 is 39.1 Å². The fourth-order valence-corrected chi connectivity index (χ4v) is 2.81. The van der Waals surface area contributed by atoms with Crippen LogP contribution in [0.5, 0.6) is 0 Å². The van der Waals surface area contributed by atoms with E-state index in [0.29, 0.717) is 5.69 Å². The van der Waals surface area contributed by atoms with Crippen molar-refractivity contribution in [2.75, 3.05) is 10.2 Å². The Bertz CT molecular complexity index is 728. The number of amides is 2. The summed E-state index contributed by atoms with van der Waals surface area (Å²) >= 11 is 3.35. The van der Waals surface area contributed by atoms with Crippen LogP contribution in [0.4, 0.5) is 11.4 Å². The summed E-state index contributed by atoms with van der Waals surface area (Å²) in [5.41, 5.74) is 2.56. The third-order valence-corrected chi connectivity index (χ3v) is 4.12. The van der Waals surface area contributed by atoms with E-state index >= 15 is 0 Å². The molecule has 2 amide bonds. The molecule has 0 bridgehead atoms. The van der Waals surface area contributed by atoms with Gasteiger partial charge < -0.3 is 5.32 Å². The minimum absolute atomic E-state index is 0.169. The lowest BCUT2D eigenvalue weighted by Gasteiger charge is -2.16. The largest absolute Gasteiger partial charge is 0.373 e. The van der Waals surface area contributed by atoms with E-state index in [9.17, 15) is 9.59 Å². The molecule has 5 heteroatoms. The van der Waals surface area contributed by atoms with E-state index in [1.54, 1.807) is 12.1 Å². The quantitative estimate of drug-likeness (QED) is 0.854. The van der Waals surface area contributed by atoms with Gasteiger partial charge in [-0.25, -0.2) is 4.90 Å². The first-order chi connectivity index (χ1) is 10.5. The second kappa shape index (κ2) is 5.93. The average Bonchev–Trinajstić information content (AvgIpc) is 2.75. The Balaban J connectivity index is 1.81. The highest BCUT2D eigenvalue weighted by Gasteiger charge is 2.39. The number of halogens is 1. The molecular weight excluding hydrogens is 344 g/mol. The van der Waals surface area contributed by atoms with E-state index < -0.39 is 6.04 Å². The summed E-state index contributed by atoms with van der Waals surface area (Å²) in [7, 11) is 0. The van der Waals surface area contributed by atoms with Gasteiger partial charge in [0.15, 0.2) is 0 Å². The first-order valence-corrected chi connectivity index (χ1v) is 7.79. The Morgan fingerprint density at radius 1 is 1.14 bits per heavy atom. The van der Waals surface area contributed by atoms with Crippen molar-refractivity contribution in [2.24, 2.45) is 0 Å². The summed E-state index contributed by atoms with van der Waals surface area (Å²) in [4.78, 5) is 26.0. The Morgan fingerprint density at radius 2 is 1.86 bits per heavy atom. The molecule has 0 aliphatic carbocycles. The van der Waals surface area contributed by atoms with Gasteiger partial charge in [0.05, 0.1) is 12.1 Å². The zero-order valence-electron chi connectivity index (χ0n) is 12.0. The van der Waals surface area contributed by atoms with Gasteiger partial charge in [-0.05, 0) is 48.9 Å². The number of anilines is 2. The Hall–Kier alpha value is -2.14. The molecule has 1 atom stereocenters. The van der Waals surface area contributed by atoms with Gasteiger partial charge in [0, 0.05) is 10.2 Å². The monoisotopic (exact) mass is 358 g/mol. The van der Waals surface area contributed by atoms with Crippen LogP contribution in [0.15, 0.2) is 53.0 Å². The van der Waals surface area contributed by atoms with Crippen molar-refractivity contribution in [1.29, 1.82) is 0 Å². The van der Waals surface area contributed by atoms with Crippen molar-refractivity contribution in [1.82, 2.24) is 0 Å². The van der Waals surface area contributed by atoms with Crippen molar-refractivity contribution < 1.29 is 9.59 Å². The number of aryl methyl sites for hydroxylation is 1. The van der Waals surface area contributed by atoms with Crippen molar-refractivity contribution in [3.63, 3.8) is 0 Å². The lowest BCUT2D eigenvalue weighted by Crippen LogP contribution is -2.34. The summed E-state index contributed by atoms with van der Waals surface area (Å²) in [5.74, 6) is -0.397. The molecule has 0 unspecified atom stereocenters. The predicted octanol–water partition coefficient (Wildman–Crippen LogP) is 3.50. The van der Waals surface area contributed by atoms with Crippen LogP contribution in [0.3, 0.4) is 0 Å². The Labute approximate surface area is 137 Å². The van der Waals surface area contributed by atoms with Crippen molar-refractivity contribution in [2.45, 2.75) is 19.4 Å². The number of carbonyl (C=O) groups is 2. The molecule has 22 heavy (non-hydrogen) atoms. The molecule has 0 saturated carbocycles. The third-order valence-electron chi connectivity index (χ3n) is 3.59. The number of nitrogens with zero attached hydrogens (tertiary/aromatic N) is 1. The number of imide groups is 1. The van der Waals surface area contributed by atoms with Crippen LogP contribution in [0.25, 0.3) is 0 Å². The average molecular weight is 359 g/mol. The number of hydrogen-bond donors (Lipinski definition) is 1. The zero-order chi connectivity index (χ0) is 15.7. The molecule has 1 saturated heterocycles. The number of rotatable bonds is 3. The van der Waals surface area contributed by atoms with Gasteiger partial charge in [-0.3, -0.25) is 9.59 Å². The highest BCUT2D eigenvalue weighted by atomic mass is 79.9. The lowest BCUT2D eigenvalue weighted by atomic mass is 10.2. The molecule has 0 spiro atoms. The first-order valence-electron chi connectivity index (χ1n) is 7.00. The van der Waals surface area contributed by atoms with Gasteiger partial charge >= 0.3 is 0 Å². The number of benzene rings is 2. The molecule has 1 aliphatic heterocycles. The number of hydrogen-bond acceptors (Lipinski definition) is 3. The smallest absolute Gasteiger partial charge is 0.256 e. The highest BCUT2D eigenvalue weighted by molar-refractivity contribution is 9.10. The van der Waals surface area contributed by atoms with Crippen LogP contribution < -0.4 is 10.2 Å². The molecular formula is C17H15BrN2O2. The highest BCUT2D eigenvalue weighted by Crippen LogP contribution is 2.26. The summed E-state index contributed by atoms with van der Waals surface area (Å²) < 4.78 is 0.907. The summed E-state index contributed by atoms with van der Waals surface area (Å²) in [5, 5.41) is 3.15. The molecule has 4 nitrogen and oxygen atoms in total. The molecule has 0 radical (unpaired) electrons. The van der Waals surface area contributed by atoms with Crippen LogP contribution in [0.1, 0.15) is 12.0 Å². The van der Waals surface area contributed by atoms with Crippen LogP contribution in [0.2, 0.25) is 0 Å². The zero-order valence-corrected chi connectivity index (χ0v) is 13.6. The molecule has 1 N–H and O–H groups in total. The van der Waals surface area contributed by atoms with Gasteiger partial charge in [0.2, 0.25) is 5.91 Å². The van der Waals surface area contributed by atoms with E-state index in [1.807, 2.05) is 43.3 Å². The van der Waals surface area contributed by atoms with E-state index in [1.165, 1.54) is 4.90 Å². The van der Waals surface area contributed by atoms with Crippen LogP contribution >= 0.6 is 15.9 Å². The number of carbonyl (C=O) groups excluding carboxylic acids is 2. The van der Waals surface area contributed by atoms with Gasteiger partial charge in [-0.15, -0.1) is 0 Å². The maximum absolute atomic E-state index is 12.5. The summed E-state index contributed by atoms with van der Waals surface area (Å²) in [6, 6.07) is 14.4. The Kier molecular flexibility index (Phi) is 3.98. The van der Waals surface area contributed by atoms with E-state index in [4.69, 9.17) is 0 Å². The summed E-state index contributed by atoms with van der Waals surface area (Å²) in [6.07, 6.45) is 0.169. The normalized spacial score (nSPS) is 17.9. The van der Waals surface area contributed by atoms with E-state index in [2.05, 4.69) is 21.2 Å². The topological polar surface area (TPSA) is 49.4 Å². The molecule has 1 aliphatic rings. The predicted molar refractivity (Wildman–Crippen MR) is 89.8 cm³/mol.